The SMILES string of the molecule is O=CCCCCCCCCCOc1ccccc1. The zero-order valence-corrected chi connectivity index (χ0v) is 11.1. The molecule has 0 fully saturated rings. The molecule has 0 N–H and O–H groups in total. The molecule has 0 spiro atoms. The van der Waals surface area contributed by atoms with Crippen LogP contribution in [0.25, 0.3) is 0 Å². The first-order valence-corrected chi connectivity index (χ1v) is 7.05. The summed E-state index contributed by atoms with van der Waals surface area (Å²) in [7, 11) is 0. The second-order valence-electron chi connectivity index (χ2n) is 4.59. The summed E-state index contributed by atoms with van der Waals surface area (Å²) in [5, 5.41) is 0. The van der Waals surface area contributed by atoms with Crippen LogP contribution < -0.4 is 4.74 Å². The van der Waals surface area contributed by atoms with Gasteiger partial charge in [-0.1, -0.05) is 50.3 Å². The molecule has 1 rings (SSSR count). The minimum absolute atomic E-state index is 0.727. The summed E-state index contributed by atoms with van der Waals surface area (Å²) in [4.78, 5) is 10.1. The van der Waals surface area contributed by atoms with E-state index in [1.807, 2.05) is 30.3 Å². The third-order valence-corrected chi connectivity index (χ3v) is 2.98. The lowest BCUT2D eigenvalue weighted by Gasteiger charge is -2.05. The van der Waals surface area contributed by atoms with Crippen LogP contribution in [0.5, 0.6) is 5.75 Å². The van der Waals surface area contributed by atoms with Crippen molar-refractivity contribution in [2.45, 2.75) is 51.4 Å². The second-order valence-corrected chi connectivity index (χ2v) is 4.59. The molecule has 2 heteroatoms. The van der Waals surface area contributed by atoms with Crippen molar-refractivity contribution in [1.82, 2.24) is 0 Å². The smallest absolute Gasteiger partial charge is 0.119 e. The van der Waals surface area contributed by atoms with E-state index in [4.69, 9.17) is 4.74 Å². The van der Waals surface area contributed by atoms with Crippen LogP contribution in [0.1, 0.15) is 51.4 Å². The number of ether oxygens (including phenoxy) is 1. The van der Waals surface area contributed by atoms with E-state index in [9.17, 15) is 4.79 Å². The molecule has 0 radical (unpaired) electrons. The van der Waals surface area contributed by atoms with Crippen molar-refractivity contribution in [2.75, 3.05) is 6.61 Å². The highest BCUT2D eigenvalue weighted by atomic mass is 16.5. The molecule has 0 saturated carbocycles. The van der Waals surface area contributed by atoms with E-state index in [0.717, 1.165) is 37.9 Å². The molecule has 0 heterocycles. The summed E-state index contributed by atoms with van der Waals surface area (Å²) in [6, 6.07) is 9.97. The maximum absolute atomic E-state index is 10.1. The van der Waals surface area contributed by atoms with Gasteiger partial charge in [0.15, 0.2) is 0 Å². The summed E-state index contributed by atoms with van der Waals surface area (Å²) < 4.78 is 5.63. The third kappa shape index (κ3) is 7.88. The molecule has 0 aliphatic heterocycles. The predicted molar refractivity (Wildman–Crippen MR) is 74.9 cm³/mol. The van der Waals surface area contributed by atoms with Crippen molar-refractivity contribution in [1.29, 1.82) is 0 Å². The van der Waals surface area contributed by atoms with Crippen LogP contribution in [0, 0.1) is 0 Å². The molecule has 0 bridgehead atoms. The van der Waals surface area contributed by atoms with Gasteiger partial charge >= 0.3 is 0 Å². The molecular formula is C16H24O2. The topological polar surface area (TPSA) is 26.3 Å². The molecule has 0 amide bonds. The highest BCUT2D eigenvalue weighted by Crippen LogP contribution is 2.11. The van der Waals surface area contributed by atoms with Crippen molar-refractivity contribution < 1.29 is 9.53 Å². The van der Waals surface area contributed by atoms with Gasteiger partial charge in [0, 0.05) is 6.42 Å². The zero-order valence-electron chi connectivity index (χ0n) is 11.1. The Morgan fingerprint density at radius 3 is 2.11 bits per heavy atom. The highest BCUT2D eigenvalue weighted by Gasteiger charge is 1.94. The third-order valence-electron chi connectivity index (χ3n) is 2.98. The molecule has 2 nitrogen and oxygen atoms in total. The van der Waals surface area contributed by atoms with E-state index in [1.54, 1.807) is 0 Å². The van der Waals surface area contributed by atoms with Gasteiger partial charge < -0.3 is 9.53 Å². The van der Waals surface area contributed by atoms with Gasteiger partial charge in [0.05, 0.1) is 6.61 Å². The van der Waals surface area contributed by atoms with Crippen LogP contribution in [0.2, 0.25) is 0 Å². The van der Waals surface area contributed by atoms with Crippen LogP contribution in [-0.4, -0.2) is 12.9 Å². The Hall–Kier alpha value is -1.31. The van der Waals surface area contributed by atoms with Crippen molar-refractivity contribution >= 4 is 6.29 Å². The fourth-order valence-electron chi connectivity index (χ4n) is 1.92. The molecule has 0 unspecified atom stereocenters. The Bertz CT molecular complexity index is 295. The quantitative estimate of drug-likeness (QED) is 0.429. The number of aldehydes is 1. The summed E-state index contributed by atoms with van der Waals surface area (Å²) >= 11 is 0. The lowest BCUT2D eigenvalue weighted by Crippen LogP contribution is -1.96. The molecule has 0 aliphatic carbocycles. The molecular weight excluding hydrogens is 224 g/mol. The van der Waals surface area contributed by atoms with Gasteiger partial charge in [0.25, 0.3) is 0 Å². The lowest BCUT2D eigenvalue weighted by atomic mass is 10.1. The van der Waals surface area contributed by atoms with E-state index in [0.29, 0.717) is 0 Å². The highest BCUT2D eigenvalue weighted by molar-refractivity contribution is 5.48. The normalized spacial score (nSPS) is 10.2. The van der Waals surface area contributed by atoms with E-state index in [1.165, 1.54) is 32.1 Å². The number of hydrogen-bond acceptors (Lipinski definition) is 2. The van der Waals surface area contributed by atoms with Crippen molar-refractivity contribution in [3.63, 3.8) is 0 Å². The van der Waals surface area contributed by atoms with E-state index in [-0.39, 0.29) is 0 Å². The molecule has 0 saturated heterocycles. The number of carbonyl (C=O) groups is 1. The Kier molecular flexibility index (Phi) is 8.87. The first kappa shape index (κ1) is 14.7. The fraction of sp³-hybridized carbons (Fsp3) is 0.562. The van der Waals surface area contributed by atoms with Crippen molar-refractivity contribution in [2.24, 2.45) is 0 Å². The van der Waals surface area contributed by atoms with Crippen LogP contribution >= 0.6 is 0 Å². The number of benzene rings is 1. The summed E-state index contributed by atoms with van der Waals surface area (Å²) in [5.41, 5.74) is 0. The van der Waals surface area contributed by atoms with Crippen LogP contribution in [0.15, 0.2) is 30.3 Å². The van der Waals surface area contributed by atoms with Gasteiger partial charge in [-0.2, -0.15) is 0 Å². The Morgan fingerprint density at radius 2 is 1.44 bits per heavy atom. The number of hydrogen-bond donors (Lipinski definition) is 0. The monoisotopic (exact) mass is 248 g/mol. The van der Waals surface area contributed by atoms with E-state index >= 15 is 0 Å². The minimum Gasteiger partial charge on any atom is -0.494 e. The summed E-state index contributed by atoms with van der Waals surface area (Å²) in [6.45, 7) is 0.815. The Labute approximate surface area is 110 Å². The molecule has 0 atom stereocenters. The van der Waals surface area contributed by atoms with E-state index in [2.05, 4.69) is 0 Å². The first-order valence-electron chi connectivity index (χ1n) is 7.05. The number of para-hydroxylation sites is 1. The first-order chi connectivity index (χ1) is 8.93. The maximum atomic E-state index is 10.1. The van der Waals surface area contributed by atoms with Crippen LogP contribution in [0.3, 0.4) is 0 Å². The summed E-state index contributed by atoms with van der Waals surface area (Å²) in [6.07, 6.45) is 10.2. The standard InChI is InChI=1S/C16H24O2/c17-14-10-5-3-1-2-4-6-11-15-18-16-12-8-7-9-13-16/h7-9,12-14H,1-6,10-11,15H2. The largest absolute Gasteiger partial charge is 0.494 e. The fourth-order valence-corrected chi connectivity index (χ4v) is 1.92. The summed E-state index contributed by atoms with van der Waals surface area (Å²) in [5.74, 6) is 0.964. The molecule has 18 heavy (non-hydrogen) atoms. The zero-order chi connectivity index (χ0) is 12.9. The lowest BCUT2D eigenvalue weighted by molar-refractivity contribution is -0.107. The second kappa shape index (κ2) is 10.8. The minimum atomic E-state index is 0.727. The van der Waals surface area contributed by atoms with Gasteiger partial charge in [0.1, 0.15) is 12.0 Å². The molecule has 100 valence electrons. The number of unbranched alkanes of at least 4 members (excludes halogenated alkanes) is 7. The van der Waals surface area contributed by atoms with Gasteiger partial charge in [-0.3, -0.25) is 0 Å². The van der Waals surface area contributed by atoms with Crippen LogP contribution in [0.4, 0.5) is 0 Å². The van der Waals surface area contributed by atoms with Gasteiger partial charge in [0.2, 0.25) is 0 Å². The Morgan fingerprint density at radius 1 is 0.833 bits per heavy atom. The maximum Gasteiger partial charge on any atom is 0.119 e. The molecule has 1 aromatic carbocycles. The van der Waals surface area contributed by atoms with Crippen molar-refractivity contribution in [3.05, 3.63) is 30.3 Å². The van der Waals surface area contributed by atoms with Crippen molar-refractivity contribution in [3.8, 4) is 5.75 Å². The van der Waals surface area contributed by atoms with E-state index < -0.39 is 0 Å². The van der Waals surface area contributed by atoms with Crippen LogP contribution in [-0.2, 0) is 4.79 Å². The average Bonchev–Trinajstić information content (AvgIpc) is 2.42. The number of carbonyl (C=O) groups excluding carboxylic acids is 1. The molecule has 1 aromatic rings. The van der Waals surface area contributed by atoms with Gasteiger partial charge in [-0.05, 0) is 25.0 Å². The van der Waals surface area contributed by atoms with Gasteiger partial charge in [-0.25, -0.2) is 0 Å². The number of rotatable bonds is 11. The predicted octanol–water partition coefficient (Wildman–Crippen LogP) is 4.39. The molecule has 0 aromatic heterocycles. The molecule has 0 aliphatic rings. The van der Waals surface area contributed by atoms with Gasteiger partial charge in [-0.15, -0.1) is 0 Å². The Balaban J connectivity index is 1.83. The average molecular weight is 248 g/mol.